The molecule has 0 atom stereocenters. The fourth-order valence-corrected chi connectivity index (χ4v) is 0.259. The van der Waals surface area contributed by atoms with Gasteiger partial charge >= 0.3 is 23.9 Å². The molecule has 9 heteroatoms. The number of carboxylic acid groups (broad SMARTS) is 4. The van der Waals surface area contributed by atoms with Gasteiger partial charge in [0.1, 0.15) is 12.8 Å². The molecule has 0 saturated heterocycles. The van der Waals surface area contributed by atoms with E-state index >= 15 is 0 Å². The first-order valence-corrected chi connectivity index (χ1v) is 3.13. The van der Waals surface area contributed by atoms with Gasteiger partial charge in [0.05, 0.1) is 0 Å². The molecule has 0 saturated carbocycles. The first-order valence-electron chi connectivity index (χ1n) is 3.13. The number of hydrogen-bond donors (Lipinski definition) is 4. The van der Waals surface area contributed by atoms with Gasteiger partial charge < -0.3 is 20.4 Å². The molecule has 0 aliphatic rings. The van der Waals surface area contributed by atoms with E-state index in [2.05, 4.69) is 0 Å². The Kier molecular flexibility index (Phi) is 14.0. The molecule has 8 nitrogen and oxygen atoms in total. The van der Waals surface area contributed by atoms with Gasteiger partial charge in [-0.05, 0) is 0 Å². The second kappa shape index (κ2) is 10.8. The van der Waals surface area contributed by atoms with Crippen LogP contribution in [0.15, 0.2) is 0 Å². The normalized spacial score (nSPS) is 7.47. The monoisotopic (exact) mass is 298 g/mol. The van der Waals surface area contributed by atoms with Gasteiger partial charge in [0.2, 0.25) is 0 Å². The molecule has 4 N–H and O–H groups in total. The van der Waals surface area contributed by atoms with E-state index in [1.54, 1.807) is 0 Å². The van der Waals surface area contributed by atoms with Gasteiger partial charge in [-0.2, -0.15) is 0 Å². The molecule has 0 fully saturated rings. The molecule has 0 aliphatic heterocycles. The van der Waals surface area contributed by atoms with Crippen molar-refractivity contribution in [2.24, 2.45) is 0 Å². The molecule has 0 spiro atoms. The van der Waals surface area contributed by atoms with Crippen molar-refractivity contribution < 1.29 is 65.8 Å². The number of hydrogen-bond acceptors (Lipinski definition) is 4. The largest absolute Gasteiger partial charge is 0.481 e. The van der Waals surface area contributed by atoms with Gasteiger partial charge in [-0.3, -0.25) is 19.2 Å². The Morgan fingerprint density at radius 2 is 0.733 bits per heavy atom. The van der Waals surface area contributed by atoms with E-state index in [1.165, 1.54) is 0 Å². The molecule has 0 aromatic heterocycles. The molecule has 0 bridgehead atoms. The molecule has 0 radical (unpaired) electrons. The Balaban J connectivity index is -0.000000180. The second-order valence-corrected chi connectivity index (χ2v) is 1.93. The summed E-state index contributed by atoms with van der Waals surface area (Å²) in [5, 5.41) is 30.8. The summed E-state index contributed by atoms with van der Waals surface area (Å²) in [5.74, 6) is -5.25. The summed E-state index contributed by atoms with van der Waals surface area (Å²) >= 11 is 0. The van der Waals surface area contributed by atoms with E-state index in [9.17, 15) is 19.2 Å². The van der Waals surface area contributed by atoms with Crippen LogP contribution in [0.2, 0.25) is 0 Å². The molecule has 0 rings (SSSR count). The Bertz CT molecular complexity index is 198. The van der Waals surface area contributed by atoms with Gasteiger partial charge in [0.25, 0.3) is 0 Å². The van der Waals surface area contributed by atoms with Gasteiger partial charge in [-0.15, -0.1) is 0 Å². The summed E-state index contributed by atoms with van der Waals surface area (Å²) in [6.07, 6.45) is -1.61. The van der Waals surface area contributed by atoms with Crippen molar-refractivity contribution >= 4 is 23.9 Å². The zero-order valence-corrected chi connectivity index (χ0v) is 9.79. The van der Waals surface area contributed by atoms with Crippen molar-refractivity contribution in [1.29, 1.82) is 0 Å². The molecule has 0 unspecified atom stereocenters. The zero-order chi connectivity index (χ0) is 11.7. The van der Waals surface area contributed by atoms with Crippen molar-refractivity contribution in [3.63, 3.8) is 0 Å². The fourth-order valence-electron chi connectivity index (χ4n) is 0.259. The molecule has 0 aromatic carbocycles. The third kappa shape index (κ3) is 32.3. The van der Waals surface area contributed by atoms with Crippen LogP contribution >= 0.6 is 0 Å². The van der Waals surface area contributed by atoms with Crippen molar-refractivity contribution in [2.45, 2.75) is 12.8 Å². The average Bonchev–Trinajstić information content (AvgIpc) is 1.79. The maximum absolute atomic E-state index is 9.43. The van der Waals surface area contributed by atoms with E-state index in [-0.39, 0.29) is 26.2 Å². The molecule has 84 valence electrons. The number of rotatable bonds is 4. The second-order valence-electron chi connectivity index (χ2n) is 1.93. The smallest absolute Gasteiger partial charge is 0.314 e. The SMILES string of the molecule is O=C(O)CC(=O)O.O=C(O)CC(=O)O.[Zr]. The third-order valence-electron chi connectivity index (χ3n) is 0.605. The Hall–Kier alpha value is -1.24. The molecule has 0 aromatic rings. The van der Waals surface area contributed by atoms with Crippen LogP contribution in [0.5, 0.6) is 0 Å². The maximum atomic E-state index is 9.43. The van der Waals surface area contributed by atoms with E-state index in [4.69, 9.17) is 20.4 Å². The zero-order valence-electron chi connectivity index (χ0n) is 7.34. The Morgan fingerprint density at radius 1 is 0.600 bits per heavy atom. The van der Waals surface area contributed by atoms with Crippen molar-refractivity contribution in [3.8, 4) is 0 Å². The van der Waals surface area contributed by atoms with Crippen molar-refractivity contribution in [3.05, 3.63) is 0 Å². The molecule has 0 heterocycles. The number of carbonyl (C=O) groups is 4. The van der Waals surface area contributed by atoms with E-state index in [0.717, 1.165) is 0 Å². The van der Waals surface area contributed by atoms with E-state index < -0.39 is 36.7 Å². The summed E-state index contributed by atoms with van der Waals surface area (Å²) < 4.78 is 0. The summed E-state index contributed by atoms with van der Waals surface area (Å²) in [4.78, 5) is 37.7. The maximum Gasteiger partial charge on any atom is 0.314 e. The molecule has 0 amide bonds. The average molecular weight is 299 g/mol. The Labute approximate surface area is 103 Å². The van der Waals surface area contributed by atoms with Gasteiger partial charge in [-0.1, -0.05) is 0 Å². The molecular weight excluding hydrogens is 291 g/mol. The fraction of sp³-hybridized carbons (Fsp3) is 0.333. The third-order valence-corrected chi connectivity index (χ3v) is 0.605. The van der Waals surface area contributed by atoms with Crippen molar-refractivity contribution in [2.75, 3.05) is 0 Å². The van der Waals surface area contributed by atoms with Crippen LogP contribution in [0.4, 0.5) is 0 Å². The standard InChI is InChI=1S/2C3H4O4.Zr/c2*4-2(5)1-3(6)7;/h2*1H2,(H,4,5)(H,6,7);. The van der Waals surface area contributed by atoms with Crippen LogP contribution in [0.1, 0.15) is 12.8 Å². The summed E-state index contributed by atoms with van der Waals surface area (Å²) in [5.41, 5.74) is 0. The minimum atomic E-state index is -1.31. The van der Waals surface area contributed by atoms with Crippen molar-refractivity contribution in [1.82, 2.24) is 0 Å². The van der Waals surface area contributed by atoms with Gasteiger partial charge in [0, 0.05) is 26.2 Å². The first kappa shape index (κ1) is 19.4. The van der Waals surface area contributed by atoms with Crippen LogP contribution < -0.4 is 0 Å². The Morgan fingerprint density at radius 3 is 0.733 bits per heavy atom. The van der Waals surface area contributed by atoms with Crippen LogP contribution in [-0.2, 0) is 45.4 Å². The quantitative estimate of drug-likeness (QED) is 0.487. The van der Waals surface area contributed by atoms with Crippen LogP contribution in [0.3, 0.4) is 0 Å². The first-order chi connectivity index (χ1) is 6.25. The van der Waals surface area contributed by atoms with Crippen LogP contribution in [0, 0.1) is 0 Å². The van der Waals surface area contributed by atoms with E-state index in [0.29, 0.717) is 0 Å². The summed E-state index contributed by atoms with van der Waals surface area (Å²) in [6, 6.07) is 0. The minimum absolute atomic E-state index is 0. The van der Waals surface area contributed by atoms with Crippen LogP contribution in [-0.4, -0.2) is 44.3 Å². The summed E-state index contributed by atoms with van der Waals surface area (Å²) in [7, 11) is 0. The van der Waals surface area contributed by atoms with E-state index in [1.807, 2.05) is 0 Å². The predicted molar refractivity (Wildman–Crippen MR) is 39.8 cm³/mol. The van der Waals surface area contributed by atoms with Crippen LogP contribution in [0.25, 0.3) is 0 Å². The van der Waals surface area contributed by atoms with Gasteiger partial charge in [0.15, 0.2) is 0 Å². The number of carboxylic acids is 4. The molecule has 15 heavy (non-hydrogen) atoms. The summed E-state index contributed by atoms with van der Waals surface area (Å²) in [6.45, 7) is 0. The molecular formula is C6H8O8Zr. The number of aliphatic carboxylic acids is 4. The minimum Gasteiger partial charge on any atom is -0.481 e. The molecule has 0 aliphatic carbocycles. The predicted octanol–water partition coefficient (Wildman–Crippen LogP) is -0.911. The topological polar surface area (TPSA) is 149 Å². The van der Waals surface area contributed by atoms with Gasteiger partial charge in [-0.25, -0.2) is 0 Å².